The first-order valence-corrected chi connectivity index (χ1v) is 12.5. The van der Waals surface area contributed by atoms with Crippen molar-refractivity contribution in [2.75, 3.05) is 16.2 Å². The summed E-state index contributed by atoms with van der Waals surface area (Å²) in [5.74, 6) is -0.738. The van der Waals surface area contributed by atoms with Crippen molar-refractivity contribution in [1.82, 2.24) is 0 Å². The number of esters is 1. The lowest BCUT2D eigenvalue weighted by Crippen LogP contribution is -2.35. The van der Waals surface area contributed by atoms with Crippen molar-refractivity contribution in [2.45, 2.75) is 38.1 Å². The van der Waals surface area contributed by atoms with Gasteiger partial charge in [-0.05, 0) is 87.4 Å². The van der Waals surface area contributed by atoms with Gasteiger partial charge in [0.05, 0.1) is 22.8 Å². The van der Waals surface area contributed by atoms with E-state index >= 15 is 0 Å². The number of nitrogens with zero attached hydrogens (tertiary/aromatic N) is 1. The maximum absolute atomic E-state index is 13.3. The van der Waals surface area contributed by atoms with E-state index in [1.807, 2.05) is 13.8 Å². The number of sulfonamides is 1. The molecule has 0 saturated heterocycles. The van der Waals surface area contributed by atoms with Gasteiger partial charge in [0.25, 0.3) is 15.9 Å². The van der Waals surface area contributed by atoms with Crippen molar-refractivity contribution in [1.29, 1.82) is 0 Å². The van der Waals surface area contributed by atoms with Crippen molar-refractivity contribution in [3.8, 4) is 0 Å². The first-order valence-electron chi connectivity index (χ1n) is 11.0. The van der Waals surface area contributed by atoms with Crippen LogP contribution in [0.5, 0.6) is 0 Å². The van der Waals surface area contributed by atoms with Gasteiger partial charge >= 0.3 is 5.97 Å². The van der Waals surface area contributed by atoms with Gasteiger partial charge in [-0.15, -0.1) is 0 Å². The van der Waals surface area contributed by atoms with Crippen LogP contribution in [0.2, 0.25) is 0 Å². The van der Waals surface area contributed by atoms with Crippen molar-refractivity contribution in [2.24, 2.45) is 0 Å². The number of hydrogen-bond acceptors (Lipinski definition) is 5. The highest BCUT2D eigenvalue weighted by Gasteiger charge is 2.36. The third-order valence-corrected chi connectivity index (χ3v) is 7.67. The number of aryl methyl sites for hydroxylation is 1. The summed E-state index contributed by atoms with van der Waals surface area (Å²) < 4.78 is 33.0. The van der Waals surface area contributed by atoms with E-state index in [9.17, 15) is 18.0 Å². The molecular formula is C26H26N2O5S. The third-order valence-electron chi connectivity index (χ3n) is 5.73. The Morgan fingerprint density at radius 2 is 1.65 bits per heavy atom. The molecule has 1 heterocycles. The predicted molar refractivity (Wildman–Crippen MR) is 131 cm³/mol. The average molecular weight is 479 g/mol. The Morgan fingerprint density at radius 3 is 2.29 bits per heavy atom. The Labute approximate surface area is 199 Å². The average Bonchev–Trinajstić information content (AvgIpc) is 3.15. The molecule has 176 valence electrons. The lowest BCUT2D eigenvalue weighted by molar-refractivity contribution is 0.0526. The second kappa shape index (κ2) is 9.30. The summed E-state index contributed by atoms with van der Waals surface area (Å²) in [6.45, 7) is 5.79. The Hall–Kier alpha value is -3.65. The molecular weight excluding hydrogens is 452 g/mol. The molecule has 0 aromatic heterocycles. The van der Waals surface area contributed by atoms with E-state index in [2.05, 4.69) is 5.32 Å². The number of carbonyl (C=O) groups is 2. The summed E-state index contributed by atoms with van der Waals surface area (Å²) >= 11 is 0. The van der Waals surface area contributed by atoms with E-state index in [1.54, 1.807) is 73.7 Å². The molecule has 4 rings (SSSR count). The normalized spacial score (nSPS) is 15.0. The molecule has 3 aromatic rings. The summed E-state index contributed by atoms with van der Waals surface area (Å²) in [6, 6.07) is 18.0. The predicted octanol–water partition coefficient (Wildman–Crippen LogP) is 4.56. The van der Waals surface area contributed by atoms with Crippen LogP contribution in [0.25, 0.3) is 0 Å². The molecule has 3 aromatic carbocycles. The van der Waals surface area contributed by atoms with Gasteiger partial charge in [-0.3, -0.25) is 9.10 Å². The number of hydrogen-bond donors (Lipinski definition) is 1. The monoisotopic (exact) mass is 478 g/mol. The molecule has 34 heavy (non-hydrogen) atoms. The van der Waals surface area contributed by atoms with Gasteiger partial charge in [-0.1, -0.05) is 17.7 Å². The number of amides is 1. The number of anilines is 2. The van der Waals surface area contributed by atoms with Crippen LogP contribution in [0.15, 0.2) is 71.6 Å². The summed E-state index contributed by atoms with van der Waals surface area (Å²) in [5, 5.41) is 2.81. The summed E-state index contributed by atoms with van der Waals surface area (Å²) in [7, 11) is -3.72. The van der Waals surface area contributed by atoms with E-state index in [1.165, 1.54) is 4.31 Å². The smallest absolute Gasteiger partial charge is 0.338 e. The molecule has 1 atom stereocenters. The molecule has 0 bridgehead atoms. The summed E-state index contributed by atoms with van der Waals surface area (Å²) in [4.78, 5) is 24.8. The van der Waals surface area contributed by atoms with Gasteiger partial charge in [0.2, 0.25) is 0 Å². The first kappa shape index (κ1) is 23.5. The Balaban J connectivity index is 1.54. The van der Waals surface area contributed by atoms with Gasteiger partial charge in [0, 0.05) is 17.3 Å². The van der Waals surface area contributed by atoms with Gasteiger partial charge in [-0.2, -0.15) is 0 Å². The third kappa shape index (κ3) is 4.54. The maximum Gasteiger partial charge on any atom is 0.338 e. The Kier molecular flexibility index (Phi) is 6.43. The first-order chi connectivity index (χ1) is 16.2. The molecule has 1 aliphatic heterocycles. The number of fused-ring (bicyclic) bond motifs is 1. The molecule has 7 nitrogen and oxygen atoms in total. The van der Waals surface area contributed by atoms with Gasteiger partial charge in [-0.25, -0.2) is 13.2 Å². The molecule has 0 radical (unpaired) electrons. The van der Waals surface area contributed by atoms with Crippen molar-refractivity contribution in [3.05, 3.63) is 89.0 Å². The lowest BCUT2D eigenvalue weighted by atomic mass is 10.1. The molecule has 8 heteroatoms. The molecule has 0 aliphatic carbocycles. The zero-order valence-electron chi connectivity index (χ0n) is 19.2. The fourth-order valence-electron chi connectivity index (χ4n) is 4.04. The molecule has 0 unspecified atom stereocenters. The number of nitrogens with one attached hydrogen (secondary N) is 1. The molecule has 0 spiro atoms. The second-order valence-corrected chi connectivity index (χ2v) is 10.1. The maximum atomic E-state index is 13.3. The van der Waals surface area contributed by atoms with Crippen LogP contribution in [-0.2, 0) is 21.2 Å². The van der Waals surface area contributed by atoms with Crippen LogP contribution < -0.4 is 9.62 Å². The molecule has 0 saturated carbocycles. The quantitative estimate of drug-likeness (QED) is 0.524. The van der Waals surface area contributed by atoms with Crippen LogP contribution >= 0.6 is 0 Å². The minimum absolute atomic E-state index is 0.242. The SMILES string of the molecule is CCOC(=O)c1ccc(NC(=O)c2ccc3c(c2)C[C@@H](C)N3S(=O)(=O)c2ccc(C)cc2)cc1. The minimum atomic E-state index is -3.72. The lowest BCUT2D eigenvalue weighted by Gasteiger charge is -2.24. The molecule has 1 aliphatic rings. The van der Waals surface area contributed by atoms with E-state index in [4.69, 9.17) is 4.74 Å². The van der Waals surface area contributed by atoms with Crippen molar-refractivity contribution >= 4 is 33.3 Å². The molecule has 1 N–H and O–H groups in total. The highest BCUT2D eigenvalue weighted by Crippen LogP contribution is 2.37. The summed E-state index contributed by atoms with van der Waals surface area (Å²) in [5.41, 5.74) is 3.74. The van der Waals surface area contributed by atoms with Crippen LogP contribution in [-0.4, -0.2) is 32.9 Å². The summed E-state index contributed by atoms with van der Waals surface area (Å²) in [6.07, 6.45) is 0.510. The number of ether oxygens (including phenoxy) is 1. The highest BCUT2D eigenvalue weighted by atomic mass is 32.2. The Morgan fingerprint density at radius 1 is 1.00 bits per heavy atom. The number of rotatable bonds is 6. The zero-order chi connectivity index (χ0) is 24.5. The zero-order valence-corrected chi connectivity index (χ0v) is 20.1. The number of carbonyl (C=O) groups excluding carboxylic acids is 2. The van der Waals surface area contributed by atoms with Crippen molar-refractivity contribution < 1.29 is 22.7 Å². The number of benzene rings is 3. The second-order valence-electron chi connectivity index (χ2n) is 8.26. The van der Waals surface area contributed by atoms with Gasteiger partial charge in [0.1, 0.15) is 0 Å². The standard InChI is InChI=1S/C26H26N2O5S/c1-4-33-26(30)19-7-10-22(11-8-19)27-25(29)20-9-14-24-21(16-20)15-18(3)28(24)34(31,32)23-12-5-17(2)6-13-23/h5-14,16,18H,4,15H2,1-3H3,(H,27,29)/t18-/m1/s1. The van der Waals surface area contributed by atoms with Gasteiger partial charge in [0.15, 0.2) is 0 Å². The van der Waals surface area contributed by atoms with E-state index in [-0.39, 0.29) is 23.5 Å². The van der Waals surface area contributed by atoms with E-state index < -0.39 is 16.0 Å². The minimum Gasteiger partial charge on any atom is -0.462 e. The Bertz CT molecular complexity index is 1330. The fraction of sp³-hybridized carbons (Fsp3) is 0.231. The van der Waals surface area contributed by atoms with E-state index in [0.717, 1.165) is 11.1 Å². The van der Waals surface area contributed by atoms with Crippen LogP contribution in [0.1, 0.15) is 45.7 Å². The van der Waals surface area contributed by atoms with Gasteiger partial charge < -0.3 is 10.1 Å². The van der Waals surface area contributed by atoms with E-state index in [0.29, 0.717) is 28.9 Å². The fourth-order valence-corrected chi connectivity index (χ4v) is 5.73. The molecule has 1 amide bonds. The van der Waals surface area contributed by atoms with Crippen LogP contribution in [0.3, 0.4) is 0 Å². The molecule has 0 fully saturated rings. The van der Waals surface area contributed by atoms with Crippen LogP contribution in [0.4, 0.5) is 11.4 Å². The topological polar surface area (TPSA) is 92.8 Å². The van der Waals surface area contributed by atoms with Crippen molar-refractivity contribution in [3.63, 3.8) is 0 Å². The largest absolute Gasteiger partial charge is 0.462 e. The van der Waals surface area contributed by atoms with Crippen LogP contribution in [0, 0.1) is 6.92 Å². The highest BCUT2D eigenvalue weighted by molar-refractivity contribution is 7.92.